The zero-order chi connectivity index (χ0) is 20.8. The van der Waals surface area contributed by atoms with Crippen LogP contribution < -0.4 is 0 Å². The van der Waals surface area contributed by atoms with Crippen LogP contribution in [0.25, 0.3) is 16.6 Å². The van der Waals surface area contributed by atoms with E-state index < -0.39 is 0 Å². The Morgan fingerprint density at radius 2 is 1.97 bits per heavy atom. The number of rotatable bonds is 2. The number of pyridine rings is 1. The molecule has 1 atom stereocenters. The lowest BCUT2D eigenvalue weighted by Crippen LogP contribution is -2.39. The molecule has 0 radical (unpaired) electrons. The van der Waals surface area contributed by atoms with Crippen molar-refractivity contribution in [2.24, 2.45) is 0 Å². The highest BCUT2D eigenvalue weighted by molar-refractivity contribution is 5.99. The van der Waals surface area contributed by atoms with E-state index in [1.165, 1.54) is 35.9 Å². The minimum absolute atomic E-state index is 0.129. The molecule has 4 heterocycles. The summed E-state index contributed by atoms with van der Waals surface area (Å²) in [6.07, 6.45) is 10.0. The Morgan fingerprint density at radius 3 is 2.94 bits per heavy atom. The third-order valence-electron chi connectivity index (χ3n) is 7.01. The molecule has 31 heavy (non-hydrogen) atoms. The van der Waals surface area contributed by atoms with Crippen LogP contribution in [0.4, 0.5) is 0 Å². The van der Waals surface area contributed by atoms with E-state index >= 15 is 0 Å². The Labute approximate surface area is 181 Å². The standard InChI is InChI=1S/C25H27N5O/c31-25(17-11-12-22-20(15-17)19-8-2-1-3-9-21(19)26-22)29-13-6-7-18(16-29)24-28-27-23-10-4-5-14-30(23)24/h4-5,10-12,14-15,18,26H,1-3,6-9,13,16H2/t18-/m1/s1. The number of nitrogens with zero attached hydrogens (tertiary/aromatic N) is 4. The summed E-state index contributed by atoms with van der Waals surface area (Å²) in [5, 5.41) is 9.99. The maximum atomic E-state index is 13.5. The number of aromatic nitrogens is 4. The zero-order valence-corrected chi connectivity index (χ0v) is 17.7. The van der Waals surface area contributed by atoms with Crippen LogP contribution in [0.15, 0.2) is 42.6 Å². The summed E-state index contributed by atoms with van der Waals surface area (Å²) in [6.45, 7) is 1.49. The van der Waals surface area contributed by atoms with Gasteiger partial charge in [-0.1, -0.05) is 12.5 Å². The van der Waals surface area contributed by atoms with Crippen molar-refractivity contribution < 1.29 is 4.79 Å². The van der Waals surface area contributed by atoms with Crippen molar-refractivity contribution in [3.8, 4) is 0 Å². The van der Waals surface area contributed by atoms with Crippen LogP contribution >= 0.6 is 0 Å². The van der Waals surface area contributed by atoms with Crippen LogP contribution in [0.5, 0.6) is 0 Å². The van der Waals surface area contributed by atoms with Crippen LogP contribution in [0.3, 0.4) is 0 Å². The Bertz CT molecular complexity index is 1270. The van der Waals surface area contributed by atoms with Crippen LogP contribution in [0.1, 0.15) is 65.5 Å². The lowest BCUT2D eigenvalue weighted by atomic mass is 9.96. The molecule has 0 spiro atoms. The molecule has 6 heteroatoms. The van der Waals surface area contributed by atoms with E-state index in [9.17, 15) is 4.79 Å². The molecule has 6 nitrogen and oxygen atoms in total. The molecule has 0 bridgehead atoms. The zero-order valence-electron chi connectivity index (χ0n) is 17.7. The number of H-pyrrole nitrogens is 1. The van der Waals surface area contributed by atoms with Crippen molar-refractivity contribution in [1.29, 1.82) is 0 Å². The summed E-state index contributed by atoms with van der Waals surface area (Å²) in [6, 6.07) is 12.1. The minimum atomic E-state index is 0.129. The predicted octanol–water partition coefficient (Wildman–Crippen LogP) is 4.50. The van der Waals surface area contributed by atoms with Gasteiger partial charge in [0.25, 0.3) is 5.91 Å². The number of hydrogen-bond donors (Lipinski definition) is 1. The van der Waals surface area contributed by atoms with Gasteiger partial charge in [0.05, 0.1) is 0 Å². The normalized spacial score (nSPS) is 19.5. The number of amides is 1. The average Bonchev–Trinajstić information content (AvgIpc) is 3.32. The van der Waals surface area contributed by atoms with Gasteiger partial charge in [-0.25, -0.2) is 0 Å². The number of fused-ring (bicyclic) bond motifs is 4. The quantitative estimate of drug-likeness (QED) is 0.492. The molecule has 0 saturated carbocycles. The number of nitrogens with one attached hydrogen (secondary N) is 1. The summed E-state index contributed by atoms with van der Waals surface area (Å²) in [4.78, 5) is 19.1. The SMILES string of the molecule is O=C(c1ccc2[nH]c3c(c2c1)CCCCC3)N1CCC[C@@H](c2nnc3ccccn23)C1. The van der Waals surface area contributed by atoms with Gasteiger partial charge in [0.1, 0.15) is 5.82 Å². The van der Waals surface area contributed by atoms with Crippen LogP contribution in [-0.2, 0) is 12.8 Å². The van der Waals surface area contributed by atoms with E-state index in [0.717, 1.165) is 54.8 Å². The molecule has 1 saturated heterocycles. The number of hydrogen-bond acceptors (Lipinski definition) is 3. The third-order valence-corrected chi connectivity index (χ3v) is 7.01. The molecule has 1 aromatic carbocycles. The Morgan fingerprint density at radius 1 is 1.03 bits per heavy atom. The van der Waals surface area contributed by atoms with E-state index in [0.29, 0.717) is 6.54 Å². The highest BCUT2D eigenvalue weighted by Gasteiger charge is 2.29. The fraction of sp³-hybridized carbons (Fsp3) is 0.400. The van der Waals surface area contributed by atoms with Crippen LogP contribution in [-0.4, -0.2) is 43.5 Å². The summed E-state index contributed by atoms with van der Waals surface area (Å²) >= 11 is 0. The van der Waals surface area contributed by atoms with Crippen molar-refractivity contribution in [1.82, 2.24) is 24.5 Å². The first-order valence-electron chi connectivity index (χ1n) is 11.5. The fourth-order valence-corrected chi connectivity index (χ4v) is 5.41. The summed E-state index contributed by atoms with van der Waals surface area (Å²) in [5.74, 6) is 1.30. The average molecular weight is 414 g/mol. The summed E-state index contributed by atoms with van der Waals surface area (Å²) in [7, 11) is 0. The number of carbonyl (C=O) groups excluding carboxylic acids is 1. The minimum Gasteiger partial charge on any atom is -0.358 e. The van der Waals surface area contributed by atoms with Crippen molar-refractivity contribution in [3.63, 3.8) is 0 Å². The number of aryl methyl sites for hydroxylation is 2. The number of piperidine rings is 1. The molecule has 1 fully saturated rings. The van der Waals surface area contributed by atoms with E-state index in [1.807, 2.05) is 35.4 Å². The smallest absolute Gasteiger partial charge is 0.253 e. The maximum Gasteiger partial charge on any atom is 0.253 e. The second-order valence-electron chi connectivity index (χ2n) is 8.98. The van der Waals surface area contributed by atoms with Gasteiger partial charge in [-0.15, -0.1) is 10.2 Å². The van der Waals surface area contributed by atoms with Gasteiger partial charge in [0, 0.05) is 47.4 Å². The van der Waals surface area contributed by atoms with Crippen molar-refractivity contribution in [2.75, 3.05) is 13.1 Å². The van der Waals surface area contributed by atoms with E-state index in [4.69, 9.17) is 0 Å². The largest absolute Gasteiger partial charge is 0.358 e. The van der Waals surface area contributed by atoms with Gasteiger partial charge in [-0.2, -0.15) is 0 Å². The maximum absolute atomic E-state index is 13.5. The molecule has 158 valence electrons. The summed E-state index contributed by atoms with van der Waals surface area (Å²) < 4.78 is 2.06. The molecule has 1 aliphatic carbocycles. The summed E-state index contributed by atoms with van der Waals surface area (Å²) in [5.41, 5.74) is 5.61. The molecule has 6 rings (SSSR count). The van der Waals surface area contributed by atoms with E-state index in [1.54, 1.807) is 0 Å². The first-order valence-corrected chi connectivity index (χ1v) is 11.5. The highest BCUT2D eigenvalue weighted by atomic mass is 16.2. The molecule has 3 aromatic heterocycles. The van der Waals surface area contributed by atoms with Gasteiger partial charge >= 0.3 is 0 Å². The van der Waals surface area contributed by atoms with Crippen LogP contribution in [0, 0.1) is 0 Å². The van der Waals surface area contributed by atoms with Crippen molar-refractivity contribution in [3.05, 3.63) is 65.2 Å². The Hall–Kier alpha value is -3.15. The van der Waals surface area contributed by atoms with Crippen LogP contribution in [0.2, 0.25) is 0 Å². The fourth-order valence-electron chi connectivity index (χ4n) is 5.41. The molecule has 2 aliphatic rings. The van der Waals surface area contributed by atoms with E-state index in [2.05, 4.69) is 31.7 Å². The molecule has 1 N–H and O–H groups in total. The molecular weight excluding hydrogens is 386 g/mol. The molecule has 0 unspecified atom stereocenters. The predicted molar refractivity (Wildman–Crippen MR) is 120 cm³/mol. The first kappa shape index (κ1) is 18.6. The van der Waals surface area contributed by atoms with Gasteiger partial charge < -0.3 is 9.88 Å². The lowest BCUT2D eigenvalue weighted by Gasteiger charge is -2.32. The third kappa shape index (κ3) is 3.21. The van der Waals surface area contributed by atoms with Gasteiger partial charge in [-0.3, -0.25) is 9.20 Å². The Balaban J connectivity index is 1.29. The highest BCUT2D eigenvalue weighted by Crippen LogP contribution is 2.31. The topological polar surface area (TPSA) is 66.3 Å². The van der Waals surface area contributed by atoms with Gasteiger partial charge in [0.15, 0.2) is 5.65 Å². The van der Waals surface area contributed by atoms with Gasteiger partial charge in [-0.05, 0) is 74.4 Å². The number of likely N-dealkylation sites (tertiary alicyclic amines) is 1. The number of carbonyl (C=O) groups is 1. The molecule has 4 aromatic rings. The number of benzene rings is 1. The molecule has 1 amide bonds. The van der Waals surface area contributed by atoms with E-state index in [-0.39, 0.29) is 11.8 Å². The van der Waals surface area contributed by atoms with Crippen molar-refractivity contribution in [2.45, 2.75) is 50.9 Å². The second kappa shape index (κ2) is 7.52. The molecule has 1 aliphatic heterocycles. The number of aromatic amines is 1. The first-order chi connectivity index (χ1) is 15.3. The lowest BCUT2D eigenvalue weighted by molar-refractivity contribution is 0.0704. The van der Waals surface area contributed by atoms with Gasteiger partial charge in [0.2, 0.25) is 0 Å². The second-order valence-corrected chi connectivity index (χ2v) is 8.98. The van der Waals surface area contributed by atoms with Crippen molar-refractivity contribution >= 4 is 22.5 Å². The Kier molecular flexibility index (Phi) is 4.51. The molecular formula is C25H27N5O. The monoisotopic (exact) mass is 413 g/mol.